The molecule has 0 saturated carbocycles. The van der Waals surface area contributed by atoms with E-state index in [1.54, 1.807) is 6.08 Å². The molecule has 1 aliphatic carbocycles. The lowest BCUT2D eigenvalue weighted by Gasteiger charge is -2.15. The highest BCUT2D eigenvalue weighted by molar-refractivity contribution is 7.85. The molecular formula is C31H30NO5S+. The molecule has 38 heavy (non-hydrogen) atoms. The Balaban J connectivity index is 1.52. The smallest absolute Gasteiger partial charge is 0.343 e. The lowest BCUT2D eigenvalue weighted by Crippen LogP contribution is -2.28. The van der Waals surface area contributed by atoms with E-state index in [1.165, 1.54) is 0 Å². The molecule has 0 bridgehead atoms. The molecule has 1 aromatic heterocycles. The zero-order valence-electron chi connectivity index (χ0n) is 21.5. The number of benzene rings is 2. The van der Waals surface area contributed by atoms with Gasteiger partial charge in [0.1, 0.15) is 12.1 Å². The number of allylic oxidation sites excluding steroid dienone is 2. The zero-order valence-corrected chi connectivity index (χ0v) is 22.3. The lowest BCUT2D eigenvalue weighted by atomic mass is 9.81. The quantitative estimate of drug-likeness (QED) is 0.140. The van der Waals surface area contributed by atoms with Crippen molar-refractivity contribution in [2.75, 3.05) is 12.3 Å². The third-order valence-electron chi connectivity index (χ3n) is 7.14. The monoisotopic (exact) mass is 528 g/mol. The highest BCUT2D eigenvalue weighted by Crippen LogP contribution is 2.40. The van der Waals surface area contributed by atoms with E-state index in [-0.39, 0.29) is 11.2 Å². The van der Waals surface area contributed by atoms with Gasteiger partial charge < -0.3 is 4.42 Å². The summed E-state index contributed by atoms with van der Waals surface area (Å²) in [5.74, 6) is 6.06. The summed E-state index contributed by atoms with van der Waals surface area (Å²) in [4.78, 5) is 12.9. The molecule has 7 heteroatoms. The second-order valence-corrected chi connectivity index (χ2v) is 11.8. The Labute approximate surface area is 222 Å². The van der Waals surface area contributed by atoms with E-state index in [2.05, 4.69) is 54.5 Å². The van der Waals surface area contributed by atoms with Crippen molar-refractivity contribution in [1.82, 2.24) is 0 Å². The maximum absolute atomic E-state index is 12.9. The number of unbranched alkanes of at least 4 members (excludes halogenated alkanes) is 1. The Hall–Kier alpha value is -3.73. The van der Waals surface area contributed by atoms with Crippen LogP contribution in [-0.4, -0.2) is 35.6 Å². The summed E-state index contributed by atoms with van der Waals surface area (Å²) in [7, 11) is -3.99. The molecular weight excluding hydrogens is 498 g/mol. The van der Waals surface area contributed by atoms with Crippen LogP contribution >= 0.6 is 0 Å². The Morgan fingerprint density at radius 3 is 2.76 bits per heavy atom. The van der Waals surface area contributed by atoms with Crippen molar-refractivity contribution in [2.45, 2.75) is 44.9 Å². The van der Waals surface area contributed by atoms with Gasteiger partial charge in [-0.1, -0.05) is 42.2 Å². The van der Waals surface area contributed by atoms with Crippen LogP contribution in [0.4, 0.5) is 5.69 Å². The first kappa shape index (κ1) is 25.9. The highest BCUT2D eigenvalue weighted by Gasteiger charge is 2.43. The Kier molecular flexibility index (Phi) is 6.95. The summed E-state index contributed by atoms with van der Waals surface area (Å²) >= 11 is 0. The Bertz CT molecular complexity index is 1740. The van der Waals surface area contributed by atoms with Crippen LogP contribution in [0.5, 0.6) is 0 Å². The van der Waals surface area contributed by atoms with Crippen molar-refractivity contribution >= 4 is 44.6 Å². The van der Waals surface area contributed by atoms with Crippen molar-refractivity contribution in [2.24, 2.45) is 0 Å². The lowest BCUT2D eigenvalue weighted by molar-refractivity contribution is -0.438. The SMILES string of the molecule is CC1(C)C(/C=C/c2cc3cc4c(cc3oc2=O)C#CCC/C=C\4)=[N+](CCCCS(=O)(=O)O)c2ccccc21. The van der Waals surface area contributed by atoms with Gasteiger partial charge in [0, 0.05) is 41.5 Å². The van der Waals surface area contributed by atoms with E-state index in [0.717, 1.165) is 46.3 Å². The van der Waals surface area contributed by atoms with Crippen LogP contribution in [0, 0.1) is 11.8 Å². The molecule has 6 nitrogen and oxygen atoms in total. The molecule has 2 aromatic carbocycles. The van der Waals surface area contributed by atoms with Gasteiger partial charge in [0.25, 0.3) is 10.1 Å². The molecule has 2 heterocycles. The fraction of sp³-hybridized carbons (Fsp3) is 0.290. The van der Waals surface area contributed by atoms with Gasteiger partial charge in [-0.3, -0.25) is 4.55 Å². The molecule has 0 saturated heterocycles. The molecule has 0 atom stereocenters. The van der Waals surface area contributed by atoms with Crippen LogP contribution in [0.2, 0.25) is 0 Å². The van der Waals surface area contributed by atoms with Gasteiger partial charge in [-0.15, -0.1) is 0 Å². The minimum absolute atomic E-state index is 0.264. The molecule has 1 aliphatic heterocycles. The molecule has 3 aromatic rings. The molecule has 0 amide bonds. The number of rotatable bonds is 7. The Morgan fingerprint density at radius 1 is 1.13 bits per heavy atom. The second-order valence-electron chi connectivity index (χ2n) is 10.2. The summed E-state index contributed by atoms with van der Waals surface area (Å²) in [6, 6.07) is 13.8. The summed E-state index contributed by atoms with van der Waals surface area (Å²) in [6.07, 6.45) is 10.6. The van der Waals surface area contributed by atoms with Crippen LogP contribution in [0.25, 0.3) is 23.1 Å². The number of fused-ring (bicyclic) bond motifs is 3. The summed E-state index contributed by atoms with van der Waals surface area (Å²) < 4.78 is 39.3. The van der Waals surface area contributed by atoms with Crippen LogP contribution < -0.4 is 5.63 Å². The first-order valence-corrected chi connectivity index (χ1v) is 14.4. The van der Waals surface area contributed by atoms with E-state index >= 15 is 0 Å². The second kappa shape index (κ2) is 10.2. The summed E-state index contributed by atoms with van der Waals surface area (Å²) in [6.45, 7) is 4.86. The standard InChI is InChI=1S/C31H29NO5S/c1-31(2)26-13-7-8-14-27(26)32(17-9-10-18-38(34,35)36)29(31)16-15-24-20-25-19-22-11-5-3-4-6-12-23(22)21-28(25)37-30(24)33/h5,7-8,11,13-16,19-21H,3-4,9-10,17-18H2,1-2H3/p+1/b11-5-,16-15+. The van der Waals surface area contributed by atoms with Crippen molar-refractivity contribution in [1.29, 1.82) is 0 Å². The third kappa shape index (κ3) is 5.28. The first-order valence-electron chi connectivity index (χ1n) is 12.8. The fourth-order valence-electron chi connectivity index (χ4n) is 5.19. The van der Waals surface area contributed by atoms with Gasteiger partial charge in [0.15, 0.2) is 5.71 Å². The minimum Gasteiger partial charge on any atom is -0.422 e. The predicted octanol–water partition coefficient (Wildman–Crippen LogP) is 5.71. The van der Waals surface area contributed by atoms with Gasteiger partial charge in [0.05, 0.1) is 16.7 Å². The van der Waals surface area contributed by atoms with Crippen molar-refractivity contribution in [3.05, 3.63) is 87.3 Å². The summed E-state index contributed by atoms with van der Waals surface area (Å²) in [5, 5.41) is 0.830. The van der Waals surface area contributed by atoms with E-state index in [0.29, 0.717) is 30.5 Å². The predicted molar refractivity (Wildman–Crippen MR) is 152 cm³/mol. The van der Waals surface area contributed by atoms with Gasteiger partial charge in [-0.05, 0) is 56.5 Å². The normalized spacial score (nSPS) is 17.0. The topological polar surface area (TPSA) is 87.6 Å². The average molecular weight is 529 g/mol. The van der Waals surface area contributed by atoms with Crippen LogP contribution in [0.3, 0.4) is 0 Å². The molecule has 2 aliphatic rings. The number of hydrogen-bond acceptors (Lipinski definition) is 4. The maximum Gasteiger partial charge on any atom is 0.343 e. The maximum atomic E-state index is 12.9. The van der Waals surface area contributed by atoms with E-state index in [1.807, 2.05) is 36.4 Å². The largest absolute Gasteiger partial charge is 0.422 e. The third-order valence-corrected chi connectivity index (χ3v) is 7.95. The van der Waals surface area contributed by atoms with Gasteiger partial charge >= 0.3 is 5.63 Å². The number of para-hydroxylation sites is 1. The van der Waals surface area contributed by atoms with Gasteiger partial charge in [0.2, 0.25) is 5.69 Å². The zero-order chi connectivity index (χ0) is 26.9. The number of hydrogen-bond donors (Lipinski definition) is 1. The van der Waals surface area contributed by atoms with Crippen LogP contribution in [0.1, 0.15) is 61.8 Å². The van der Waals surface area contributed by atoms with Crippen molar-refractivity contribution in [3.8, 4) is 11.8 Å². The van der Waals surface area contributed by atoms with E-state index in [9.17, 15) is 13.2 Å². The number of nitrogens with zero attached hydrogens (tertiary/aromatic N) is 1. The molecule has 0 fully saturated rings. The molecule has 1 N–H and O–H groups in total. The Morgan fingerprint density at radius 2 is 1.95 bits per heavy atom. The van der Waals surface area contributed by atoms with Crippen LogP contribution in [-0.2, 0) is 15.5 Å². The van der Waals surface area contributed by atoms with Gasteiger partial charge in [-0.2, -0.15) is 13.0 Å². The minimum atomic E-state index is -3.99. The van der Waals surface area contributed by atoms with Crippen molar-refractivity contribution in [3.63, 3.8) is 0 Å². The first-order chi connectivity index (χ1) is 18.1. The van der Waals surface area contributed by atoms with E-state index < -0.39 is 15.7 Å². The highest BCUT2D eigenvalue weighted by atomic mass is 32.2. The summed E-state index contributed by atoms with van der Waals surface area (Å²) in [5.41, 5.74) is 5.29. The molecule has 0 unspecified atom stereocenters. The van der Waals surface area contributed by atoms with E-state index in [4.69, 9.17) is 8.97 Å². The van der Waals surface area contributed by atoms with Gasteiger partial charge in [-0.25, -0.2) is 4.79 Å². The molecule has 194 valence electrons. The average Bonchev–Trinajstić information content (AvgIpc) is 3.06. The molecule has 0 spiro atoms. The molecule has 0 radical (unpaired) electrons. The molecule has 5 rings (SSSR count). The fourth-order valence-corrected chi connectivity index (χ4v) is 5.76. The van der Waals surface area contributed by atoms with Crippen LogP contribution in [0.15, 0.2) is 63.8 Å². The van der Waals surface area contributed by atoms with Crippen molar-refractivity contribution < 1.29 is 22.0 Å².